The largest absolute Gasteiger partial charge is 0.368 e. The van der Waals surface area contributed by atoms with Crippen molar-refractivity contribution in [1.29, 1.82) is 0 Å². The summed E-state index contributed by atoms with van der Waals surface area (Å²) in [5.74, 6) is 0.759. The van der Waals surface area contributed by atoms with Gasteiger partial charge in [-0.25, -0.2) is 0 Å². The number of unbranched alkanes of at least 4 members (excludes halogenated alkanes) is 1. The fourth-order valence-electron chi connectivity index (χ4n) is 1.61. The molecule has 0 spiro atoms. The van der Waals surface area contributed by atoms with Gasteiger partial charge in [-0.1, -0.05) is 38.1 Å². The third kappa shape index (κ3) is 4.31. The summed E-state index contributed by atoms with van der Waals surface area (Å²) >= 11 is 4.27. The highest BCUT2D eigenvalue weighted by molar-refractivity contribution is 7.80. The molecular weight excluding hydrogens is 214 g/mol. The van der Waals surface area contributed by atoms with Crippen LogP contribution in [0.2, 0.25) is 0 Å². The van der Waals surface area contributed by atoms with Gasteiger partial charge in [-0.05, 0) is 24.1 Å². The van der Waals surface area contributed by atoms with Gasteiger partial charge in [0.1, 0.15) is 0 Å². The molecule has 0 radical (unpaired) electrons. The summed E-state index contributed by atoms with van der Waals surface area (Å²) in [6.45, 7) is 8.25. The van der Waals surface area contributed by atoms with Gasteiger partial charge < -0.3 is 4.90 Å². The summed E-state index contributed by atoms with van der Waals surface area (Å²) in [5, 5.41) is 0. The van der Waals surface area contributed by atoms with E-state index in [4.69, 9.17) is 0 Å². The minimum atomic E-state index is 0.759. The van der Waals surface area contributed by atoms with Crippen molar-refractivity contribution in [3.05, 3.63) is 42.5 Å². The summed E-state index contributed by atoms with van der Waals surface area (Å²) in [6.07, 6.45) is 2.44. The molecule has 0 aromatic heterocycles. The van der Waals surface area contributed by atoms with Crippen molar-refractivity contribution < 1.29 is 0 Å². The quantitative estimate of drug-likeness (QED) is 0.556. The molecule has 1 nitrogen and oxygen atoms in total. The minimum Gasteiger partial charge on any atom is -0.368 e. The topological polar surface area (TPSA) is 3.24 Å². The van der Waals surface area contributed by atoms with Crippen LogP contribution in [-0.2, 0) is 0 Å². The van der Waals surface area contributed by atoms with Gasteiger partial charge in [0.25, 0.3) is 0 Å². The van der Waals surface area contributed by atoms with E-state index in [0.29, 0.717) is 0 Å². The van der Waals surface area contributed by atoms with Crippen LogP contribution in [0.25, 0.3) is 0 Å². The van der Waals surface area contributed by atoms with E-state index in [2.05, 4.69) is 61.4 Å². The van der Waals surface area contributed by atoms with Gasteiger partial charge >= 0.3 is 0 Å². The van der Waals surface area contributed by atoms with Gasteiger partial charge in [0.05, 0.1) is 0 Å². The fraction of sp³-hybridized carbons (Fsp3) is 0.429. The summed E-state index contributed by atoms with van der Waals surface area (Å²) in [7, 11) is 0. The number of rotatable bonds is 7. The first-order chi connectivity index (χ1) is 7.77. The summed E-state index contributed by atoms with van der Waals surface area (Å²) in [6, 6.07) is 10.5. The van der Waals surface area contributed by atoms with Crippen LogP contribution in [0.15, 0.2) is 42.5 Å². The van der Waals surface area contributed by atoms with E-state index >= 15 is 0 Å². The van der Waals surface area contributed by atoms with Crippen molar-refractivity contribution in [1.82, 2.24) is 0 Å². The van der Waals surface area contributed by atoms with Crippen molar-refractivity contribution >= 4 is 18.3 Å². The first-order valence-corrected chi connectivity index (χ1v) is 6.48. The van der Waals surface area contributed by atoms with Crippen LogP contribution in [0.3, 0.4) is 0 Å². The minimum absolute atomic E-state index is 0.759. The van der Waals surface area contributed by atoms with E-state index in [1.165, 1.54) is 24.1 Å². The van der Waals surface area contributed by atoms with E-state index in [-0.39, 0.29) is 0 Å². The van der Waals surface area contributed by atoms with E-state index in [0.717, 1.165) is 18.8 Å². The Hall–Kier alpha value is -0.890. The van der Waals surface area contributed by atoms with Crippen molar-refractivity contribution in [3.8, 4) is 0 Å². The molecule has 0 amide bonds. The molecule has 88 valence electrons. The number of thiol groups is 1. The Labute approximate surface area is 105 Å². The second-order valence-electron chi connectivity index (χ2n) is 4.02. The molecule has 0 fully saturated rings. The van der Waals surface area contributed by atoms with Crippen LogP contribution in [0, 0.1) is 0 Å². The molecule has 0 aliphatic heterocycles. The Kier molecular flexibility index (Phi) is 6.09. The van der Waals surface area contributed by atoms with Crippen molar-refractivity contribution in [2.45, 2.75) is 19.8 Å². The second kappa shape index (κ2) is 7.39. The van der Waals surface area contributed by atoms with Crippen LogP contribution in [0.4, 0.5) is 5.69 Å². The predicted molar refractivity (Wildman–Crippen MR) is 76.6 cm³/mol. The zero-order valence-electron chi connectivity index (χ0n) is 10.0. The standard InChI is InChI=1S/C14H21NS/c1-3-4-10-15(11-13(2)12-16)14-8-6-5-7-9-14/h5-9,16H,2-4,10-12H2,1H3. The SMILES string of the molecule is C=C(CS)CN(CCCC)c1ccccc1. The summed E-state index contributed by atoms with van der Waals surface area (Å²) in [4.78, 5) is 2.38. The molecule has 1 rings (SSSR count). The lowest BCUT2D eigenvalue weighted by atomic mass is 10.2. The Balaban J connectivity index is 2.67. The highest BCUT2D eigenvalue weighted by atomic mass is 32.1. The number of anilines is 1. The number of nitrogens with zero attached hydrogens (tertiary/aromatic N) is 1. The number of hydrogen-bond donors (Lipinski definition) is 1. The molecule has 0 N–H and O–H groups in total. The normalized spacial score (nSPS) is 10.1. The molecule has 0 bridgehead atoms. The van der Waals surface area contributed by atoms with Gasteiger partial charge in [-0.15, -0.1) is 0 Å². The van der Waals surface area contributed by atoms with E-state index in [9.17, 15) is 0 Å². The molecule has 0 unspecified atom stereocenters. The van der Waals surface area contributed by atoms with Crippen LogP contribution in [-0.4, -0.2) is 18.8 Å². The molecule has 0 aliphatic carbocycles. The first-order valence-electron chi connectivity index (χ1n) is 5.85. The molecule has 1 aromatic carbocycles. The lowest BCUT2D eigenvalue weighted by Gasteiger charge is -2.25. The molecular formula is C14H21NS. The molecule has 2 heteroatoms. The zero-order valence-corrected chi connectivity index (χ0v) is 10.9. The second-order valence-corrected chi connectivity index (χ2v) is 4.33. The molecule has 16 heavy (non-hydrogen) atoms. The molecule has 0 atom stereocenters. The molecule has 0 saturated heterocycles. The maximum absolute atomic E-state index is 4.27. The maximum Gasteiger partial charge on any atom is 0.0394 e. The Bertz CT molecular complexity index is 308. The number of benzene rings is 1. The Morgan fingerprint density at radius 1 is 1.31 bits per heavy atom. The summed E-state index contributed by atoms with van der Waals surface area (Å²) < 4.78 is 0. The third-order valence-corrected chi connectivity index (χ3v) is 2.99. The highest BCUT2D eigenvalue weighted by Crippen LogP contribution is 2.15. The van der Waals surface area contributed by atoms with Crippen LogP contribution in [0.1, 0.15) is 19.8 Å². The fourth-order valence-corrected chi connectivity index (χ4v) is 1.71. The Morgan fingerprint density at radius 3 is 2.56 bits per heavy atom. The van der Waals surface area contributed by atoms with Gasteiger partial charge in [-0.2, -0.15) is 12.6 Å². The molecule has 0 aliphatic rings. The van der Waals surface area contributed by atoms with Gasteiger partial charge in [0.2, 0.25) is 0 Å². The average Bonchev–Trinajstić information content (AvgIpc) is 2.35. The Morgan fingerprint density at radius 2 is 2.00 bits per heavy atom. The highest BCUT2D eigenvalue weighted by Gasteiger charge is 2.06. The van der Waals surface area contributed by atoms with Gasteiger partial charge in [-0.3, -0.25) is 0 Å². The number of hydrogen-bond acceptors (Lipinski definition) is 2. The zero-order chi connectivity index (χ0) is 11.8. The van der Waals surface area contributed by atoms with Crippen molar-refractivity contribution in [2.24, 2.45) is 0 Å². The lowest BCUT2D eigenvalue weighted by molar-refractivity contribution is 0.739. The van der Waals surface area contributed by atoms with Crippen LogP contribution < -0.4 is 4.90 Å². The van der Waals surface area contributed by atoms with Crippen LogP contribution >= 0.6 is 12.6 Å². The summed E-state index contributed by atoms with van der Waals surface area (Å²) in [5.41, 5.74) is 2.45. The predicted octanol–water partition coefficient (Wildman–Crippen LogP) is 3.78. The van der Waals surface area contributed by atoms with Gasteiger partial charge in [0.15, 0.2) is 0 Å². The molecule has 0 saturated carbocycles. The maximum atomic E-state index is 4.27. The van der Waals surface area contributed by atoms with E-state index < -0.39 is 0 Å². The first kappa shape index (κ1) is 13.2. The molecule has 1 aromatic rings. The molecule has 0 heterocycles. The lowest BCUT2D eigenvalue weighted by Crippen LogP contribution is -2.26. The smallest absolute Gasteiger partial charge is 0.0394 e. The van der Waals surface area contributed by atoms with Gasteiger partial charge in [0, 0.05) is 24.5 Å². The third-order valence-electron chi connectivity index (χ3n) is 2.54. The van der Waals surface area contributed by atoms with Crippen molar-refractivity contribution in [3.63, 3.8) is 0 Å². The van der Waals surface area contributed by atoms with E-state index in [1.54, 1.807) is 0 Å². The number of para-hydroxylation sites is 1. The van der Waals surface area contributed by atoms with Crippen LogP contribution in [0.5, 0.6) is 0 Å². The van der Waals surface area contributed by atoms with Crippen molar-refractivity contribution in [2.75, 3.05) is 23.7 Å². The monoisotopic (exact) mass is 235 g/mol. The average molecular weight is 235 g/mol. The van der Waals surface area contributed by atoms with E-state index in [1.807, 2.05) is 0 Å².